The maximum Gasteiger partial charge on any atom is 0.276 e. The summed E-state index contributed by atoms with van der Waals surface area (Å²) in [5.74, 6) is 1.03. The minimum absolute atomic E-state index is 0.0147. The first-order chi connectivity index (χ1) is 9.13. The maximum absolute atomic E-state index is 10.9. The Bertz CT molecular complexity index is 617. The Morgan fingerprint density at radius 3 is 2.84 bits per heavy atom. The first-order valence-corrected chi connectivity index (χ1v) is 6.08. The van der Waals surface area contributed by atoms with Crippen molar-refractivity contribution < 1.29 is 9.66 Å². The van der Waals surface area contributed by atoms with Crippen molar-refractivity contribution in [2.24, 2.45) is 0 Å². The van der Waals surface area contributed by atoms with E-state index < -0.39 is 4.92 Å². The van der Waals surface area contributed by atoms with Crippen LogP contribution in [0, 0.1) is 17.0 Å². The summed E-state index contributed by atoms with van der Waals surface area (Å²) in [4.78, 5) is 14.5. The second kappa shape index (κ2) is 5.67. The standard InChI is InChI=1S/C13H11ClN2O3/c1-9-11(16(17)18)5-2-6-12(9)19-13-10(8-14)4-3-7-15-13/h2-7H,8H2,1H3. The molecule has 98 valence electrons. The molecular formula is C13H11ClN2O3. The van der Waals surface area contributed by atoms with E-state index in [1.807, 2.05) is 0 Å². The van der Waals surface area contributed by atoms with Gasteiger partial charge < -0.3 is 4.74 Å². The fourth-order valence-electron chi connectivity index (χ4n) is 1.63. The fourth-order valence-corrected chi connectivity index (χ4v) is 1.84. The summed E-state index contributed by atoms with van der Waals surface area (Å²) in [5, 5.41) is 10.9. The molecule has 0 unspecified atom stereocenters. The van der Waals surface area contributed by atoms with Gasteiger partial charge in [0.2, 0.25) is 5.88 Å². The van der Waals surface area contributed by atoms with Gasteiger partial charge in [0.25, 0.3) is 5.69 Å². The van der Waals surface area contributed by atoms with Crippen molar-refractivity contribution in [3.8, 4) is 11.6 Å². The molecule has 1 aromatic carbocycles. The van der Waals surface area contributed by atoms with Gasteiger partial charge in [0.05, 0.1) is 16.4 Å². The first-order valence-electron chi connectivity index (χ1n) is 5.55. The van der Waals surface area contributed by atoms with Gasteiger partial charge in [-0.15, -0.1) is 11.6 Å². The smallest absolute Gasteiger partial charge is 0.276 e. The molecule has 1 aromatic heterocycles. The van der Waals surface area contributed by atoms with Crippen LogP contribution in [0.4, 0.5) is 5.69 Å². The normalized spacial score (nSPS) is 10.2. The molecule has 0 fully saturated rings. The maximum atomic E-state index is 10.9. The summed E-state index contributed by atoms with van der Waals surface area (Å²) < 4.78 is 5.62. The van der Waals surface area contributed by atoms with Gasteiger partial charge in [-0.3, -0.25) is 10.1 Å². The van der Waals surface area contributed by atoms with E-state index in [9.17, 15) is 10.1 Å². The van der Waals surface area contributed by atoms with Crippen LogP contribution < -0.4 is 4.74 Å². The zero-order valence-electron chi connectivity index (χ0n) is 10.2. The highest BCUT2D eigenvalue weighted by Crippen LogP contribution is 2.31. The minimum atomic E-state index is -0.441. The molecule has 0 saturated heterocycles. The van der Waals surface area contributed by atoms with E-state index >= 15 is 0 Å². The van der Waals surface area contributed by atoms with Crippen LogP contribution in [0.5, 0.6) is 11.6 Å². The van der Waals surface area contributed by atoms with Crippen LogP contribution in [0.15, 0.2) is 36.5 Å². The van der Waals surface area contributed by atoms with E-state index in [4.69, 9.17) is 16.3 Å². The number of hydrogen-bond acceptors (Lipinski definition) is 4. The third-order valence-electron chi connectivity index (χ3n) is 2.65. The molecule has 0 spiro atoms. The lowest BCUT2D eigenvalue weighted by atomic mass is 10.2. The number of aromatic nitrogens is 1. The van der Waals surface area contributed by atoms with E-state index in [0.29, 0.717) is 17.2 Å². The molecule has 0 amide bonds. The minimum Gasteiger partial charge on any atom is -0.438 e. The second-order valence-corrected chi connectivity index (χ2v) is 4.13. The van der Waals surface area contributed by atoms with Crippen LogP contribution in [0.1, 0.15) is 11.1 Å². The lowest BCUT2D eigenvalue weighted by Gasteiger charge is -2.10. The Labute approximate surface area is 115 Å². The van der Waals surface area contributed by atoms with Crippen molar-refractivity contribution in [1.82, 2.24) is 4.98 Å². The molecule has 2 rings (SSSR count). The molecule has 0 N–H and O–H groups in total. The van der Waals surface area contributed by atoms with Crippen molar-refractivity contribution in [1.29, 1.82) is 0 Å². The van der Waals surface area contributed by atoms with Gasteiger partial charge in [0.15, 0.2) is 0 Å². The molecule has 0 bridgehead atoms. The number of alkyl halides is 1. The largest absolute Gasteiger partial charge is 0.438 e. The van der Waals surface area contributed by atoms with E-state index in [-0.39, 0.29) is 11.6 Å². The van der Waals surface area contributed by atoms with Crippen LogP contribution in [0.2, 0.25) is 0 Å². The molecule has 6 heteroatoms. The van der Waals surface area contributed by atoms with E-state index in [1.165, 1.54) is 6.07 Å². The number of halogens is 1. The molecule has 0 aliphatic carbocycles. The van der Waals surface area contributed by atoms with Crippen molar-refractivity contribution in [2.45, 2.75) is 12.8 Å². The number of hydrogen-bond donors (Lipinski definition) is 0. The number of ether oxygens (including phenoxy) is 1. The quantitative estimate of drug-likeness (QED) is 0.484. The van der Waals surface area contributed by atoms with Gasteiger partial charge >= 0.3 is 0 Å². The summed E-state index contributed by atoms with van der Waals surface area (Å²) in [7, 11) is 0. The molecular weight excluding hydrogens is 268 g/mol. The summed E-state index contributed by atoms with van der Waals surface area (Å²) >= 11 is 5.79. The Hall–Kier alpha value is -2.14. The monoisotopic (exact) mass is 278 g/mol. The molecule has 2 aromatic rings. The molecule has 1 heterocycles. The SMILES string of the molecule is Cc1c(Oc2ncccc2CCl)cccc1[N+](=O)[O-]. The zero-order valence-corrected chi connectivity index (χ0v) is 10.9. The molecule has 0 aliphatic rings. The number of rotatable bonds is 4. The van der Waals surface area contributed by atoms with Gasteiger partial charge in [-0.1, -0.05) is 12.1 Å². The topological polar surface area (TPSA) is 65.3 Å². The average Bonchev–Trinajstić information content (AvgIpc) is 2.41. The number of nitro benzene ring substituents is 1. The first kappa shape index (κ1) is 13.3. The van der Waals surface area contributed by atoms with Gasteiger partial charge in [-0.2, -0.15) is 0 Å². The third kappa shape index (κ3) is 2.82. The highest BCUT2D eigenvalue weighted by atomic mass is 35.5. The summed E-state index contributed by atoms with van der Waals surface area (Å²) in [6.45, 7) is 1.64. The van der Waals surface area contributed by atoms with Crippen LogP contribution in [0.3, 0.4) is 0 Å². The number of pyridine rings is 1. The molecule has 0 radical (unpaired) electrons. The molecule has 0 atom stereocenters. The Morgan fingerprint density at radius 1 is 1.37 bits per heavy atom. The van der Waals surface area contributed by atoms with Crippen molar-refractivity contribution >= 4 is 17.3 Å². The molecule has 0 aliphatic heterocycles. The third-order valence-corrected chi connectivity index (χ3v) is 2.94. The highest BCUT2D eigenvalue weighted by molar-refractivity contribution is 6.17. The number of nitro groups is 1. The van der Waals surface area contributed by atoms with Crippen molar-refractivity contribution in [3.05, 3.63) is 57.8 Å². The Balaban J connectivity index is 2.39. The number of nitrogens with zero attached hydrogens (tertiary/aromatic N) is 2. The highest BCUT2D eigenvalue weighted by Gasteiger charge is 2.15. The fraction of sp³-hybridized carbons (Fsp3) is 0.154. The molecule has 19 heavy (non-hydrogen) atoms. The predicted octanol–water partition coefficient (Wildman–Crippen LogP) is 3.83. The van der Waals surface area contributed by atoms with E-state index in [2.05, 4.69) is 4.98 Å². The van der Waals surface area contributed by atoms with E-state index in [1.54, 1.807) is 37.4 Å². The Kier molecular flexibility index (Phi) is 3.97. The second-order valence-electron chi connectivity index (χ2n) is 3.86. The lowest BCUT2D eigenvalue weighted by Crippen LogP contribution is -1.97. The molecule has 5 nitrogen and oxygen atoms in total. The molecule has 0 saturated carbocycles. The van der Waals surface area contributed by atoms with Crippen LogP contribution in [-0.4, -0.2) is 9.91 Å². The Morgan fingerprint density at radius 2 is 2.16 bits per heavy atom. The van der Waals surface area contributed by atoms with E-state index in [0.717, 1.165) is 5.56 Å². The number of benzene rings is 1. The van der Waals surface area contributed by atoms with Gasteiger partial charge in [0, 0.05) is 17.8 Å². The van der Waals surface area contributed by atoms with Gasteiger partial charge in [0.1, 0.15) is 5.75 Å². The summed E-state index contributed by atoms with van der Waals surface area (Å²) in [6, 6.07) is 8.22. The van der Waals surface area contributed by atoms with Gasteiger partial charge in [-0.05, 0) is 19.1 Å². The van der Waals surface area contributed by atoms with Gasteiger partial charge in [-0.25, -0.2) is 4.98 Å². The van der Waals surface area contributed by atoms with Crippen LogP contribution in [-0.2, 0) is 5.88 Å². The zero-order chi connectivity index (χ0) is 13.8. The summed E-state index contributed by atoms with van der Waals surface area (Å²) in [6.07, 6.45) is 1.58. The average molecular weight is 279 g/mol. The van der Waals surface area contributed by atoms with Crippen molar-refractivity contribution in [3.63, 3.8) is 0 Å². The van der Waals surface area contributed by atoms with Crippen LogP contribution >= 0.6 is 11.6 Å². The van der Waals surface area contributed by atoms with Crippen LogP contribution in [0.25, 0.3) is 0 Å². The predicted molar refractivity (Wildman–Crippen MR) is 71.7 cm³/mol. The van der Waals surface area contributed by atoms with Crippen molar-refractivity contribution in [2.75, 3.05) is 0 Å². The lowest BCUT2D eigenvalue weighted by molar-refractivity contribution is -0.385. The summed E-state index contributed by atoms with van der Waals surface area (Å²) in [5.41, 5.74) is 1.20.